The predicted octanol–water partition coefficient (Wildman–Crippen LogP) is 0.245. The SMILES string of the molecule is CCOP(=O)([O-])CP(=O)([O-])OCC.CCOP(=O)([O-])CP(=O)([O-])OCC.[Cr+3]. The average molecular weight is 512 g/mol. The molecule has 0 aliphatic heterocycles. The Morgan fingerprint density at radius 3 is 0.778 bits per heavy atom. The third-order valence-electron chi connectivity index (χ3n) is 2.00. The summed E-state index contributed by atoms with van der Waals surface area (Å²) in [5.74, 6) is -2.16. The van der Waals surface area contributed by atoms with E-state index in [0.717, 1.165) is 0 Å². The number of hydrogen-bond donors (Lipinski definition) is 0. The zero-order chi connectivity index (χ0) is 21.1. The van der Waals surface area contributed by atoms with Crippen LogP contribution in [0.3, 0.4) is 0 Å². The molecule has 27 heavy (non-hydrogen) atoms. The summed E-state index contributed by atoms with van der Waals surface area (Å²) in [5.41, 5.74) is 0. The monoisotopic (exact) mass is 512 g/mol. The van der Waals surface area contributed by atoms with Crippen molar-refractivity contribution in [1.82, 2.24) is 0 Å². The van der Waals surface area contributed by atoms with E-state index in [0.29, 0.717) is 0 Å². The summed E-state index contributed by atoms with van der Waals surface area (Å²) in [7, 11) is -17.2. The van der Waals surface area contributed by atoms with Crippen LogP contribution in [0.2, 0.25) is 0 Å². The van der Waals surface area contributed by atoms with Crippen molar-refractivity contribution in [1.29, 1.82) is 0 Å². The molecule has 1 radical (unpaired) electrons. The molecule has 0 N–H and O–H groups in total. The zero-order valence-electron chi connectivity index (χ0n) is 15.3. The molecular weight excluding hydrogens is 488 g/mol. The van der Waals surface area contributed by atoms with Gasteiger partial charge < -0.3 is 55.9 Å². The molecule has 0 aromatic rings. The van der Waals surface area contributed by atoms with Gasteiger partial charge in [-0.05, 0) is 27.7 Å². The van der Waals surface area contributed by atoms with Gasteiger partial charge in [-0.15, -0.1) is 0 Å². The smallest absolute Gasteiger partial charge is 0.778 e. The van der Waals surface area contributed by atoms with Crippen LogP contribution >= 0.6 is 30.4 Å². The van der Waals surface area contributed by atoms with Gasteiger partial charge in [0.1, 0.15) is 30.4 Å². The molecule has 163 valence electrons. The molecule has 0 amide bonds. The van der Waals surface area contributed by atoms with Crippen molar-refractivity contribution in [3.05, 3.63) is 0 Å². The van der Waals surface area contributed by atoms with Gasteiger partial charge in [0.25, 0.3) is 0 Å². The molecule has 0 aromatic heterocycles. The molecule has 0 fully saturated rings. The number of hydrogen-bond acceptors (Lipinski definition) is 12. The Balaban J connectivity index is -0.000000411. The molecule has 4 unspecified atom stereocenters. The van der Waals surface area contributed by atoms with E-state index < -0.39 is 42.2 Å². The van der Waals surface area contributed by atoms with Gasteiger partial charge >= 0.3 is 17.4 Å². The van der Waals surface area contributed by atoms with Gasteiger partial charge in [-0.1, -0.05) is 0 Å². The van der Waals surface area contributed by atoms with Gasteiger partial charge in [0.15, 0.2) is 0 Å². The maximum atomic E-state index is 10.9. The Kier molecular flexibility index (Phi) is 18.2. The summed E-state index contributed by atoms with van der Waals surface area (Å²) in [6.07, 6.45) is 0. The number of rotatable bonds is 12. The minimum Gasteiger partial charge on any atom is -0.778 e. The second-order valence-electron chi connectivity index (χ2n) is 4.40. The average Bonchev–Trinajstić information content (AvgIpc) is 2.35. The van der Waals surface area contributed by atoms with Crippen LogP contribution in [0, 0.1) is 0 Å². The maximum absolute atomic E-state index is 10.9. The van der Waals surface area contributed by atoms with Gasteiger partial charge in [0.2, 0.25) is 0 Å². The first-order valence-electron chi connectivity index (χ1n) is 7.44. The molecule has 0 spiro atoms. The minimum atomic E-state index is -4.29. The molecule has 0 aliphatic carbocycles. The predicted molar refractivity (Wildman–Crippen MR) is 86.7 cm³/mol. The Morgan fingerprint density at radius 1 is 0.519 bits per heavy atom. The normalized spacial score (nSPS) is 19.9. The molecule has 0 saturated heterocycles. The van der Waals surface area contributed by atoms with Crippen molar-refractivity contribution in [3.8, 4) is 0 Å². The Morgan fingerprint density at radius 2 is 0.667 bits per heavy atom. The standard InChI is InChI=1S/2C5H14O6P2.Cr/c2*1-3-10-12(6,7)5-13(8,9)11-4-2;/h2*3-5H2,1-2H3,(H,6,7)(H,8,9);/q;;+3/p-4. The van der Waals surface area contributed by atoms with Gasteiger partial charge in [0.05, 0.1) is 38.2 Å². The minimum absolute atomic E-state index is 0. The molecular formula is C10H24CrO12P4-. The Hall–Kier alpha value is 1.13. The summed E-state index contributed by atoms with van der Waals surface area (Å²) in [4.78, 5) is 43.5. The van der Waals surface area contributed by atoms with Crippen LogP contribution in [-0.4, -0.2) is 38.2 Å². The third-order valence-corrected chi connectivity index (χ3v) is 10.1. The fourth-order valence-corrected chi connectivity index (χ4v) is 7.65. The first kappa shape index (κ1) is 32.8. The van der Waals surface area contributed by atoms with E-state index in [1.54, 1.807) is 0 Å². The first-order valence-corrected chi connectivity index (χ1v) is 14.4. The van der Waals surface area contributed by atoms with E-state index in [4.69, 9.17) is 0 Å². The molecule has 0 aliphatic rings. The van der Waals surface area contributed by atoms with E-state index in [-0.39, 0.29) is 43.8 Å². The van der Waals surface area contributed by atoms with Crippen molar-refractivity contribution in [2.24, 2.45) is 0 Å². The third kappa shape index (κ3) is 20.2. The molecule has 0 bridgehead atoms. The topological polar surface area (TPSA) is 197 Å². The van der Waals surface area contributed by atoms with Crippen LogP contribution in [0.4, 0.5) is 0 Å². The Labute approximate surface area is 169 Å². The van der Waals surface area contributed by atoms with Crippen LogP contribution in [0.1, 0.15) is 27.7 Å². The van der Waals surface area contributed by atoms with Gasteiger partial charge in [0, 0.05) is 0 Å². The van der Waals surface area contributed by atoms with E-state index in [1.807, 2.05) is 0 Å². The molecule has 12 nitrogen and oxygen atoms in total. The van der Waals surface area contributed by atoms with Crippen molar-refractivity contribution in [2.45, 2.75) is 27.7 Å². The van der Waals surface area contributed by atoms with Crippen LogP contribution < -0.4 is 19.6 Å². The fraction of sp³-hybridized carbons (Fsp3) is 1.00. The molecule has 0 aromatic carbocycles. The summed E-state index contributed by atoms with van der Waals surface area (Å²) in [6.45, 7) is 5.53. The molecule has 0 rings (SSSR count). The summed E-state index contributed by atoms with van der Waals surface area (Å²) in [6, 6.07) is 0. The van der Waals surface area contributed by atoms with Crippen molar-refractivity contribution in [2.75, 3.05) is 38.2 Å². The van der Waals surface area contributed by atoms with Crippen LogP contribution in [-0.2, 0) is 53.7 Å². The van der Waals surface area contributed by atoms with Crippen LogP contribution in [0.25, 0.3) is 0 Å². The van der Waals surface area contributed by atoms with E-state index in [9.17, 15) is 37.8 Å². The summed E-state index contributed by atoms with van der Waals surface area (Å²) in [5, 5.41) is 0. The molecule has 4 atom stereocenters. The second-order valence-corrected chi connectivity index (χ2v) is 12.6. The molecule has 0 heterocycles. The zero-order valence-corrected chi connectivity index (χ0v) is 20.2. The van der Waals surface area contributed by atoms with Gasteiger partial charge in [-0.25, -0.2) is 0 Å². The molecule has 17 heteroatoms. The van der Waals surface area contributed by atoms with Gasteiger partial charge in [-0.2, -0.15) is 0 Å². The van der Waals surface area contributed by atoms with Crippen LogP contribution in [0.15, 0.2) is 0 Å². The molecule has 0 saturated carbocycles. The second kappa shape index (κ2) is 15.0. The van der Waals surface area contributed by atoms with E-state index in [2.05, 4.69) is 18.1 Å². The van der Waals surface area contributed by atoms with E-state index in [1.165, 1.54) is 27.7 Å². The van der Waals surface area contributed by atoms with Crippen LogP contribution in [0.5, 0.6) is 0 Å². The first-order chi connectivity index (χ1) is 11.7. The van der Waals surface area contributed by atoms with Crippen molar-refractivity contribution >= 4 is 30.4 Å². The van der Waals surface area contributed by atoms with Gasteiger partial charge in [-0.3, -0.25) is 0 Å². The van der Waals surface area contributed by atoms with Crippen molar-refractivity contribution < 1.29 is 73.3 Å². The van der Waals surface area contributed by atoms with Crippen molar-refractivity contribution in [3.63, 3.8) is 0 Å². The quantitative estimate of drug-likeness (QED) is 0.324. The maximum Gasteiger partial charge on any atom is 3.00 e. The Bertz CT molecular complexity index is 487. The fourth-order valence-electron chi connectivity index (χ4n) is 1.37. The van der Waals surface area contributed by atoms with E-state index >= 15 is 0 Å². The summed E-state index contributed by atoms with van der Waals surface area (Å²) >= 11 is 0. The summed E-state index contributed by atoms with van der Waals surface area (Å²) < 4.78 is 60.5. The largest absolute Gasteiger partial charge is 3.00 e.